The summed E-state index contributed by atoms with van der Waals surface area (Å²) in [5, 5.41) is 2.59. The van der Waals surface area contributed by atoms with E-state index in [2.05, 4.69) is 4.98 Å². The third-order valence-electron chi connectivity index (χ3n) is 2.94. The number of hydrogen-bond donors (Lipinski definition) is 0. The van der Waals surface area contributed by atoms with E-state index < -0.39 is 0 Å². The Bertz CT molecular complexity index is 909. The average Bonchev–Trinajstić information content (AvgIpc) is 2.91. The molecular weight excluding hydrogens is 289 g/mol. The fraction of sp³-hybridized carbons (Fsp3) is 0. The van der Waals surface area contributed by atoms with Crippen LogP contribution < -0.4 is 0 Å². The van der Waals surface area contributed by atoms with Crippen LogP contribution in [-0.4, -0.2) is 4.98 Å². The van der Waals surface area contributed by atoms with Gasteiger partial charge in [-0.15, -0.1) is 11.3 Å². The van der Waals surface area contributed by atoms with Crippen LogP contribution in [0.3, 0.4) is 0 Å². The quantitative estimate of drug-likeness (QED) is 0.428. The van der Waals surface area contributed by atoms with Gasteiger partial charge in [0.15, 0.2) is 10.0 Å². The van der Waals surface area contributed by atoms with Crippen LogP contribution in [-0.2, 0) is 0 Å². The molecule has 4 rings (SSSR count). The molecule has 0 fully saturated rings. The molecule has 2 aromatic heterocycles. The molecule has 0 spiro atoms. The normalized spacial score (nSPS) is 11.9. The van der Waals surface area contributed by atoms with E-state index in [4.69, 9.17) is 27.6 Å². The molecule has 0 saturated heterocycles. The highest BCUT2D eigenvalue weighted by Crippen LogP contribution is 2.40. The highest BCUT2D eigenvalue weighted by atomic mass is 35.5. The first-order chi connectivity index (χ1) is 8.74. The van der Waals surface area contributed by atoms with E-state index in [1.807, 2.05) is 30.3 Å². The second kappa shape index (κ2) is 3.60. The Balaban J connectivity index is 2.31. The predicted octanol–water partition coefficient (Wildman–Crippen LogP) is 5.50. The number of benzene rings is 2. The largest absolute Gasteiger partial charge is 0.454 e. The number of halogens is 2. The third-order valence-corrected chi connectivity index (χ3v) is 4.40. The molecule has 4 aromatic rings. The van der Waals surface area contributed by atoms with Gasteiger partial charge in [0.25, 0.3) is 0 Å². The van der Waals surface area contributed by atoms with Crippen LogP contribution in [0.2, 0.25) is 9.49 Å². The Labute approximate surface area is 116 Å². The molecule has 0 unspecified atom stereocenters. The van der Waals surface area contributed by atoms with Gasteiger partial charge in [-0.25, -0.2) is 4.98 Å². The summed E-state index contributed by atoms with van der Waals surface area (Å²) >= 11 is 13.7. The van der Waals surface area contributed by atoms with Crippen molar-refractivity contribution in [3.63, 3.8) is 0 Å². The summed E-state index contributed by atoms with van der Waals surface area (Å²) < 4.78 is 7.26. The van der Waals surface area contributed by atoms with Crippen LogP contribution in [0.5, 0.6) is 0 Å². The van der Waals surface area contributed by atoms with Crippen molar-refractivity contribution in [1.82, 2.24) is 4.98 Å². The summed E-state index contributed by atoms with van der Waals surface area (Å²) in [5.41, 5.74) is 2.21. The Morgan fingerprint density at radius 3 is 2.83 bits per heavy atom. The molecule has 5 heteroatoms. The first-order valence-corrected chi connectivity index (χ1v) is 6.87. The number of fused-ring (bicyclic) bond motifs is 4. The summed E-state index contributed by atoms with van der Waals surface area (Å²) in [6.45, 7) is 0. The smallest absolute Gasteiger partial charge is 0.184 e. The number of thiazole rings is 1. The van der Waals surface area contributed by atoms with Gasteiger partial charge in [0, 0.05) is 10.8 Å². The summed E-state index contributed by atoms with van der Waals surface area (Å²) in [7, 11) is 0. The van der Waals surface area contributed by atoms with E-state index in [0.29, 0.717) is 20.6 Å². The van der Waals surface area contributed by atoms with Crippen molar-refractivity contribution in [2.24, 2.45) is 0 Å². The molecule has 2 nitrogen and oxygen atoms in total. The van der Waals surface area contributed by atoms with E-state index >= 15 is 0 Å². The summed E-state index contributed by atoms with van der Waals surface area (Å²) in [4.78, 5) is 4.22. The Morgan fingerprint density at radius 1 is 1.11 bits per heavy atom. The fourth-order valence-corrected chi connectivity index (χ4v) is 3.58. The van der Waals surface area contributed by atoms with E-state index in [0.717, 1.165) is 21.1 Å². The third kappa shape index (κ3) is 1.32. The fourth-order valence-electron chi connectivity index (χ4n) is 2.17. The highest BCUT2D eigenvalue weighted by molar-refractivity contribution is 7.22. The van der Waals surface area contributed by atoms with Gasteiger partial charge < -0.3 is 4.42 Å². The second-order valence-corrected chi connectivity index (χ2v) is 5.97. The minimum Gasteiger partial charge on any atom is -0.454 e. The van der Waals surface area contributed by atoms with Gasteiger partial charge in [0.1, 0.15) is 16.1 Å². The average molecular weight is 294 g/mol. The lowest BCUT2D eigenvalue weighted by Gasteiger charge is -1.94. The van der Waals surface area contributed by atoms with Crippen molar-refractivity contribution in [3.8, 4) is 0 Å². The molecule has 0 radical (unpaired) electrons. The number of furan rings is 1. The summed E-state index contributed by atoms with van der Waals surface area (Å²) in [6.07, 6.45) is 0. The molecule has 0 aliphatic heterocycles. The van der Waals surface area contributed by atoms with Crippen molar-refractivity contribution < 1.29 is 4.42 Å². The molecule has 0 amide bonds. The number of aromatic nitrogens is 1. The van der Waals surface area contributed by atoms with E-state index in [-0.39, 0.29) is 0 Å². The Hall–Kier alpha value is -1.29. The van der Waals surface area contributed by atoms with Crippen LogP contribution in [0.25, 0.3) is 32.2 Å². The molecule has 18 heavy (non-hydrogen) atoms. The molecular formula is C13H5Cl2NOS. The topological polar surface area (TPSA) is 26.0 Å². The number of rotatable bonds is 0. The van der Waals surface area contributed by atoms with E-state index in [1.165, 1.54) is 11.3 Å². The van der Waals surface area contributed by atoms with Gasteiger partial charge in [-0.3, -0.25) is 0 Å². The van der Waals surface area contributed by atoms with Crippen molar-refractivity contribution in [3.05, 3.63) is 39.8 Å². The Kier molecular flexibility index (Phi) is 2.13. The maximum Gasteiger partial charge on any atom is 0.184 e. The minimum atomic E-state index is 0.490. The summed E-state index contributed by atoms with van der Waals surface area (Å²) in [6, 6.07) is 9.91. The van der Waals surface area contributed by atoms with Crippen LogP contribution in [0, 0.1) is 0 Å². The van der Waals surface area contributed by atoms with Crippen molar-refractivity contribution in [1.29, 1.82) is 0 Å². The van der Waals surface area contributed by atoms with Gasteiger partial charge in [-0.1, -0.05) is 41.4 Å². The van der Waals surface area contributed by atoms with Gasteiger partial charge in [-0.2, -0.15) is 0 Å². The number of hydrogen-bond acceptors (Lipinski definition) is 3. The molecule has 2 aromatic carbocycles. The van der Waals surface area contributed by atoms with Crippen LogP contribution >= 0.6 is 34.5 Å². The lowest BCUT2D eigenvalue weighted by molar-refractivity contribution is 0.669. The highest BCUT2D eigenvalue weighted by Gasteiger charge is 2.15. The zero-order chi connectivity index (χ0) is 12.3. The molecule has 0 saturated carbocycles. The number of nitrogens with zero attached hydrogens (tertiary/aromatic N) is 1. The molecule has 0 atom stereocenters. The van der Waals surface area contributed by atoms with Crippen LogP contribution in [0.4, 0.5) is 0 Å². The lowest BCUT2D eigenvalue weighted by Crippen LogP contribution is -1.72. The van der Waals surface area contributed by atoms with E-state index in [1.54, 1.807) is 0 Å². The zero-order valence-corrected chi connectivity index (χ0v) is 11.2. The first-order valence-electron chi connectivity index (χ1n) is 5.30. The second-order valence-electron chi connectivity index (χ2n) is 3.98. The van der Waals surface area contributed by atoms with Crippen LogP contribution in [0.15, 0.2) is 34.7 Å². The molecule has 0 aliphatic rings. The van der Waals surface area contributed by atoms with E-state index in [9.17, 15) is 0 Å². The van der Waals surface area contributed by atoms with Gasteiger partial charge in [0.2, 0.25) is 0 Å². The molecule has 88 valence electrons. The van der Waals surface area contributed by atoms with Gasteiger partial charge in [0.05, 0.1) is 4.70 Å². The molecule has 2 heterocycles. The molecule has 0 N–H and O–H groups in total. The maximum absolute atomic E-state index is 6.35. The SMILES string of the molecule is Clc1nc2c(Cl)c3oc4ccccc4c3cc2s1. The van der Waals surface area contributed by atoms with Crippen molar-refractivity contribution in [2.45, 2.75) is 0 Å². The predicted molar refractivity (Wildman–Crippen MR) is 76.9 cm³/mol. The molecule has 0 bridgehead atoms. The first kappa shape index (κ1) is 10.6. The molecule has 0 aliphatic carbocycles. The standard InChI is InChI=1S/C13H5Cl2NOS/c14-10-11-9(18-13(15)16-11)5-7-6-3-1-2-4-8(6)17-12(7)10/h1-5H. The summed E-state index contributed by atoms with van der Waals surface area (Å²) in [5.74, 6) is 0. The lowest BCUT2D eigenvalue weighted by atomic mass is 10.1. The monoisotopic (exact) mass is 293 g/mol. The zero-order valence-electron chi connectivity index (χ0n) is 8.91. The number of para-hydroxylation sites is 1. The Morgan fingerprint density at radius 2 is 1.94 bits per heavy atom. The van der Waals surface area contributed by atoms with Gasteiger partial charge in [-0.05, 0) is 12.1 Å². The van der Waals surface area contributed by atoms with Gasteiger partial charge >= 0.3 is 0 Å². The minimum absolute atomic E-state index is 0.490. The van der Waals surface area contributed by atoms with Crippen molar-refractivity contribution in [2.75, 3.05) is 0 Å². The maximum atomic E-state index is 6.35. The van der Waals surface area contributed by atoms with Crippen molar-refractivity contribution >= 4 is 66.7 Å². The van der Waals surface area contributed by atoms with Crippen LogP contribution in [0.1, 0.15) is 0 Å².